The first kappa shape index (κ1) is 14.6. The number of halogens is 1. The van der Waals surface area contributed by atoms with E-state index in [1.54, 1.807) is 12.3 Å². The molecule has 2 N–H and O–H groups in total. The molecule has 0 aliphatic carbocycles. The second-order valence-electron chi connectivity index (χ2n) is 4.99. The lowest BCUT2D eigenvalue weighted by Crippen LogP contribution is -2.17. The number of thioether (sulfide) groups is 1. The van der Waals surface area contributed by atoms with E-state index in [0.29, 0.717) is 14.7 Å². The first-order chi connectivity index (χ1) is 11.1. The van der Waals surface area contributed by atoms with Crippen molar-refractivity contribution < 1.29 is 9.18 Å². The average Bonchev–Trinajstić information content (AvgIpc) is 3.20. The Balaban J connectivity index is 1.71. The molecule has 4 rings (SSSR count). The standard InChI is InChI=1S/C16H9FN2OS3/c17-12-5-9(3-8-1-2-18-14(8)12)10-4-11(22-7-10)6-13-15(20)19-16(21)23-13/h1-7,18H,(H,19,20,21). The van der Waals surface area contributed by atoms with Crippen LogP contribution in [0.2, 0.25) is 0 Å². The normalized spacial score (nSPS) is 16.5. The van der Waals surface area contributed by atoms with Gasteiger partial charge in [-0.05, 0) is 46.8 Å². The van der Waals surface area contributed by atoms with Gasteiger partial charge in [0, 0.05) is 16.5 Å². The van der Waals surface area contributed by atoms with Crippen molar-refractivity contribution in [3.8, 4) is 11.1 Å². The molecule has 1 aliphatic heterocycles. The number of aromatic nitrogens is 1. The molecule has 1 amide bonds. The summed E-state index contributed by atoms with van der Waals surface area (Å²) in [6, 6.07) is 7.25. The molecule has 7 heteroatoms. The average molecular weight is 360 g/mol. The van der Waals surface area contributed by atoms with Crippen LogP contribution < -0.4 is 5.32 Å². The number of hydrogen-bond donors (Lipinski definition) is 2. The lowest BCUT2D eigenvalue weighted by atomic mass is 10.1. The third kappa shape index (κ3) is 2.71. The second kappa shape index (κ2) is 5.59. The molecule has 1 saturated heterocycles. The molecule has 3 nitrogen and oxygen atoms in total. The molecular formula is C16H9FN2OS3. The largest absolute Gasteiger partial charge is 0.359 e. The van der Waals surface area contributed by atoms with Crippen molar-refractivity contribution in [3.05, 3.63) is 51.4 Å². The lowest BCUT2D eigenvalue weighted by Gasteiger charge is -2.00. The number of thiocarbonyl (C=S) groups is 1. The van der Waals surface area contributed by atoms with Gasteiger partial charge in [-0.3, -0.25) is 4.79 Å². The van der Waals surface area contributed by atoms with Gasteiger partial charge in [-0.1, -0.05) is 24.0 Å². The maximum Gasteiger partial charge on any atom is 0.263 e. The van der Waals surface area contributed by atoms with Gasteiger partial charge in [-0.15, -0.1) is 11.3 Å². The number of rotatable bonds is 2. The van der Waals surface area contributed by atoms with Gasteiger partial charge in [0.15, 0.2) is 0 Å². The Morgan fingerprint density at radius 2 is 2.09 bits per heavy atom. The topological polar surface area (TPSA) is 44.9 Å². The van der Waals surface area contributed by atoms with E-state index in [1.165, 1.54) is 29.2 Å². The molecule has 1 fully saturated rings. The zero-order valence-electron chi connectivity index (χ0n) is 11.6. The number of fused-ring (bicyclic) bond motifs is 1. The third-order valence-corrected chi connectivity index (χ3v) is 5.52. The number of amides is 1. The Bertz CT molecular complexity index is 986. The summed E-state index contributed by atoms with van der Waals surface area (Å²) in [6.07, 6.45) is 3.53. The van der Waals surface area contributed by atoms with Gasteiger partial charge >= 0.3 is 0 Å². The van der Waals surface area contributed by atoms with Gasteiger partial charge in [0.1, 0.15) is 10.1 Å². The van der Waals surface area contributed by atoms with Crippen LogP contribution in [0.25, 0.3) is 28.1 Å². The fourth-order valence-corrected chi connectivity index (χ4v) is 4.38. The minimum absolute atomic E-state index is 0.172. The Labute approximate surface area is 144 Å². The predicted octanol–water partition coefficient (Wildman–Crippen LogP) is 4.52. The van der Waals surface area contributed by atoms with E-state index in [-0.39, 0.29) is 11.7 Å². The van der Waals surface area contributed by atoms with E-state index < -0.39 is 0 Å². The molecule has 3 aromatic rings. The molecule has 0 saturated carbocycles. The molecule has 0 atom stereocenters. The molecule has 0 unspecified atom stereocenters. The van der Waals surface area contributed by atoms with E-state index in [1.807, 2.05) is 23.6 Å². The van der Waals surface area contributed by atoms with Gasteiger partial charge in [0.2, 0.25) is 0 Å². The number of thiophene rings is 1. The molecule has 0 bridgehead atoms. The Kier molecular flexibility index (Phi) is 3.56. The van der Waals surface area contributed by atoms with Crippen LogP contribution in [0.15, 0.2) is 40.7 Å². The summed E-state index contributed by atoms with van der Waals surface area (Å²) in [5, 5.41) is 5.38. The summed E-state index contributed by atoms with van der Waals surface area (Å²) in [7, 11) is 0. The SMILES string of the molecule is O=C1NC(=S)SC1=Cc1cc(-c2cc(F)c3[nH]ccc3c2)cs1. The van der Waals surface area contributed by atoms with Crippen LogP contribution >= 0.6 is 35.3 Å². The van der Waals surface area contributed by atoms with Crippen molar-refractivity contribution >= 4 is 62.5 Å². The van der Waals surface area contributed by atoms with E-state index in [0.717, 1.165) is 21.4 Å². The fraction of sp³-hybridized carbons (Fsp3) is 0. The van der Waals surface area contributed by atoms with E-state index in [2.05, 4.69) is 10.3 Å². The Morgan fingerprint density at radius 3 is 2.87 bits per heavy atom. The maximum absolute atomic E-state index is 14.1. The molecule has 2 aromatic heterocycles. The number of carbonyl (C=O) groups is 1. The van der Waals surface area contributed by atoms with Crippen molar-refractivity contribution in [2.45, 2.75) is 0 Å². The molecule has 0 radical (unpaired) electrons. The number of hydrogen-bond acceptors (Lipinski definition) is 4. The van der Waals surface area contributed by atoms with E-state index in [9.17, 15) is 9.18 Å². The summed E-state index contributed by atoms with van der Waals surface area (Å²) >= 11 is 7.73. The number of aromatic amines is 1. The summed E-state index contributed by atoms with van der Waals surface area (Å²) in [4.78, 5) is 16.1. The fourth-order valence-electron chi connectivity index (χ4n) is 2.42. The van der Waals surface area contributed by atoms with E-state index >= 15 is 0 Å². The third-order valence-electron chi connectivity index (χ3n) is 3.48. The maximum atomic E-state index is 14.1. The molecule has 114 valence electrons. The lowest BCUT2D eigenvalue weighted by molar-refractivity contribution is -0.115. The van der Waals surface area contributed by atoms with Crippen LogP contribution in [0.4, 0.5) is 4.39 Å². The molecule has 23 heavy (non-hydrogen) atoms. The predicted molar refractivity (Wildman–Crippen MR) is 97.9 cm³/mol. The van der Waals surface area contributed by atoms with Gasteiger partial charge in [0.05, 0.1) is 10.4 Å². The Morgan fingerprint density at radius 1 is 1.22 bits per heavy atom. The number of nitrogens with one attached hydrogen (secondary N) is 2. The first-order valence-electron chi connectivity index (χ1n) is 6.70. The van der Waals surface area contributed by atoms with Crippen molar-refractivity contribution in [3.63, 3.8) is 0 Å². The van der Waals surface area contributed by atoms with Gasteiger partial charge in [-0.25, -0.2) is 4.39 Å². The highest BCUT2D eigenvalue weighted by atomic mass is 32.2. The number of benzene rings is 1. The van der Waals surface area contributed by atoms with Crippen molar-refractivity contribution in [1.82, 2.24) is 10.3 Å². The van der Waals surface area contributed by atoms with Gasteiger partial charge in [0.25, 0.3) is 5.91 Å². The smallest absolute Gasteiger partial charge is 0.263 e. The van der Waals surface area contributed by atoms with Crippen molar-refractivity contribution in [2.75, 3.05) is 0 Å². The molecular weight excluding hydrogens is 351 g/mol. The van der Waals surface area contributed by atoms with Crippen molar-refractivity contribution in [2.24, 2.45) is 0 Å². The number of H-pyrrole nitrogens is 1. The number of carbonyl (C=O) groups excluding carboxylic acids is 1. The van der Waals surface area contributed by atoms with Gasteiger partial charge in [-0.2, -0.15) is 0 Å². The minimum atomic E-state index is -0.273. The van der Waals surface area contributed by atoms with Crippen LogP contribution in [0, 0.1) is 5.82 Å². The van der Waals surface area contributed by atoms with Gasteiger partial charge < -0.3 is 10.3 Å². The zero-order valence-corrected chi connectivity index (χ0v) is 14.0. The molecule has 3 heterocycles. The van der Waals surface area contributed by atoms with E-state index in [4.69, 9.17) is 12.2 Å². The highest BCUT2D eigenvalue weighted by Crippen LogP contribution is 2.33. The Hall–Kier alpha value is -1.96. The second-order valence-corrected chi connectivity index (χ2v) is 7.65. The quantitative estimate of drug-likeness (QED) is 0.521. The minimum Gasteiger partial charge on any atom is -0.359 e. The van der Waals surface area contributed by atoms with Crippen LogP contribution in [0.5, 0.6) is 0 Å². The summed E-state index contributed by atoms with van der Waals surface area (Å²) in [5.74, 6) is -0.445. The van der Waals surface area contributed by atoms with Crippen LogP contribution in [-0.4, -0.2) is 15.2 Å². The summed E-state index contributed by atoms with van der Waals surface area (Å²) < 4.78 is 14.6. The first-order valence-corrected chi connectivity index (χ1v) is 8.81. The molecule has 1 aromatic carbocycles. The monoisotopic (exact) mass is 360 g/mol. The zero-order chi connectivity index (χ0) is 16.0. The summed E-state index contributed by atoms with van der Waals surface area (Å²) in [5.41, 5.74) is 2.25. The molecule has 0 spiro atoms. The van der Waals surface area contributed by atoms with Crippen LogP contribution in [0.3, 0.4) is 0 Å². The summed E-state index contributed by atoms with van der Waals surface area (Å²) in [6.45, 7) is 0. The van der Waals surface area contributed by atoms with Crippen LogP contribution in [-0.2, 0) is 4.79 Å². The van der Waals surface area contributed by atoms with Crippen LogP contribution in [0.1, 0.15) is 4.88 Å². The highest BCUT2D eigenvalue weighted by Gasteiger charge is 2.22. The highest BCUT2D eigenvalue weighted by molar-refractivity contribution is 8.26. The molecule has 1 aliphatic rings. The van der Waals surface area contributed by atoms with Crippen molar-refractivity contribution in [1.29, 1.82) is 0 Å².